The number of hydrogen-bond acceptors (Lipinski definition) is 2. The highest BCUT2D eigenvalue weighted by Crippen LogP contribution is 2.18. The van der Waals surface area contributed by atoms with Gasteiger partial charge in [0.25, 0.3) is 0 Å². The van der Waals surface area contributed by atoms with Crippen LogP contribution in [0.25, 0.3) is 0 Å². The molecule has 0 bridgehead atoms. The zero-order chi connectivity index (χ0) is 13.5. The first-order chi connectivity index (χ1) is 9.28. The number of aryl methyl sites for hydroxylation is 1. The van der Waals surface area contributed by atoms with Crippen molar-refractivity contribution in [1.29, 1.82) is 0 Å². The van der Waals surface area contributed by atoms with Crippen LogP contribution in [0, 0.1) is 6.92 Å². The molecule has 0 radical (unpaired) electrons. The predicted octanol–water partition coefficient (Wildman–Crippen LogP) is 3.44. The average Bonchev–Trinajstić information content (AvgIpc) is 2.83. The monoisotopic (exact) mass is 279 g/mol. The summed E-state index contributed by atoms with van der Waals surface area (Å²) in [5, 5.41) is 6.93. The molecule has 0 aliphatic heterocycles. The summed E-state index contributed by atoms with van der Waals surface area (Å²) >= 11 is 1.83. The van der Waals surface area contributed by atoms with Gasteiger partial charge in [-0.15, -0.1) is 11.3 Å². The van der Waals surface area contributed by atoms with Crippen LogP contribution >= 0.6 is 11.3 Å². The number of hydrogen-bond donors (Lipinski definition) is 2. The van der Waals surface area contributed by atoms with Gasteiger partial charge in [-0.3, -0.25) is 0 Å². The van der Waals surface area contributed by atoms with E-state index < -0.39 is 0 Å². The fraction of sp³-hybridized carbons (Fsp3) is 0.667. The molecule has 0 amide bonds. The average molecular weight is 279 g/mol. The number of guanidine groups is 1. The minimum atomic E-state index is 0.608. The molecule has 4 heteroatoms. The molecule has 1 heterocycles. The standard InChI is InChI=1S/C15H25N3S/c1-3-16-15(18-13-7-5-4-6-8-13)17-11-14-10-9-12(2)19-14/h9-10,13H,3-8,11H2,1-2H3,(H2,16,17,18). The van der Waals surface area contributed by atoms with Crippen molar-refractivity contribution in [3.05, 3.63) is 21.9 Å². The van der Waals surface area contributed by atoms with Gasteiger partial charge < -0.3 is 10.6 Å². The lowest BCUT2D eigenvalue weighted by Crippen LogP contribution is -2.44. The molecule has 0 saturated heterocycles. The molecule has 1 aromatic heterocycles. The Morgan fingerprint density at radius 1 is 1.32 bits per heavy atom. The largest absolute Gasteiger partial charge is 0.357 e. The van der Waals surface area contributed by atoms with Gasteiger partial charge in [-0.25, -0.2) is 4.99 Å². The van der Waals surface area contributed by atoms with Crippen LogP contribution in [0.15, 0.2) is 17.1 Å². The third-order valence-corrected chi connectivity index (χ3v) is 4.46. The summed E-state index contributed by atoms with van der Waals surface area (Å²) in [7, 11) is 0. The molecule has 1 saturated carbocycles. The quantitative estimate of drug-likeness (QED) is 0.654. The molecule has 1 aliphatic rings. The molecule has 2 rings (SSSR count). The van der Waals surface area contributed by atoms with Crippen molar-refractivity contribution >= 4 is 17.3 Å². The first kappa shape index (κ1) is 14.4. The third-order valence-electron chi connectivity index (χ3n) is 3.48. The van der Waals surface area contributed by atoms with Gasteiger partial charge in [0.2, 0.25) is 0 Å². The van der Waals surface area contributed by atoms with E-state index in [-0.39, 0.29) is 0 Å². The molecule has 1 aromatic rings. The van der Waals surface area contributed by atoms with Gasteiger partial charge in [-0.2, -0.15) is 0 Å². The maximum Gasteiger partial charge on any atom is 0.191 e. The van der Waals surface area contributed by atoms with Crippen molar-refractivity contribution in [2.24, 2.45) is 4.99 Å². The first-order valence-electron chi connectivity index (χ1n) is 7.38. The highest BCUT2D eigenvalue weighted by atomic mass is 32.1. The van der Waals surface area contributed by atoms with Gasteiger partial charge in [0, 0.05) is 22.3 Å². The second-order valence-corrected chi connectivity index (χ2v) is 6.56. The van der Waals surface area contributed by atoms with E-state index in [1.165, 1.54) is 41.9 Å². The van der Waals surface area contributed by atoms with Crippen molar-refractivity contribution in [3.8, 4) is 0 Å². The highest BCUT2D eigenvalue weighted by Gasteiger charge is 2.14. The van der Waals surface area contributed by atoms with Gasteiger partial charge in [-0.1, -0.05) is 19.3 Å². The molecule has 0 spiro atoms. The van der Waals surface area contributed by atoms with E-state index in [0.717, 1.165) is 19.0 Å². The van der Waals surface area contributed by atoms with Crippen LogP contribution in [-0.2, 0) is 6.54 Å². The third kappa shape index (κ3) is 4.86. The molecule has 0 atom stereocenters. The van der Waals surface area contributed by atoms with E-state index in [1.807, 2.05) is 11.3 Å². The van der Waals surface area contributed by atoms with Crippen molar-refractivity contribution in [1.82, 2.24) is 10.6 Å². The Bertz CT molecular complexity index is 405. The summed E-state index contributed by atoms with van der Waals surface area (Å²) in [5.41, 5.74) is 0. The number of nitrogens with zero attached hydrogens (tertiary/aromatic N) is 1. The Balaban J connectivity index is 1.90. The van der Waals surface area contributed by atoms with Crippen LogP contribution in [0.2, 0.25) is 0 Å². The van der Waals surface area contributed by atoms with E-state index in [4.69, 9.17) is 4.99 Å². The second-order valence-electron chi connectivity index (χ2n) is 5.19. The van der Waals surface area contributed by atoms with Gasteiger partial charge in [0.1, 0.15) is 0 Å². The van der Waals surface area contributed by atoms with Crippen molar-refractivity contribution in [2.75, 3.05) is 6.54 Å². The molecule has 3 nitrogen and oxygen atoms in total. The van der Waals surface area contributed by atoms with E-state index >= 15 is 0 Å². The van der Waals surface area contributed by atoms with Crippen LogP contribution in [-0.4, -0.2) is 18.5 Å². The van der Waals surface area contributed by atoms with Crippen molar-refractivity contribution in [2.45, 2.75) is 58.5 Å². The molecule has 106 valence electrons. The molecule has 1 fully saturated rings. The van der Waals surface area contributed by atoms with E-state index in [2.05, 4.69) is 36.6 Å². The smallest absolute Gasteiger partial charge is 0.191 e. The van der Waals surface area contributed by atoms with Crippen molar-refractivity contribution in [3.63, 3.8) is 0 Å². The van der Waals surface area contributed by atoms with E-state index in [9.17, 15) is 0 Å². The number of aliphatic imine (C=N–C) groups is 1. The first-order valence-corrected chi connectivity index (χ1v) is 8.19. The summed E-state index contributed by atoms with van der Waals surface area (Å²) in [4.78, 5) is 7.38. The second kappa shape index (κ2) is 7.53. The van der Waals surface area contributed by atoms with E-state index in [1.54, 1.807) is 0 Å². The molecule has 1 aliphatic carbocycles. The highest BCUT2D eigenvalue weighted by molar-refractivity contribution is 7.11. The van der Waals surface area contributed by atoms with Crippen molar-refractivity contribution < 1.29 is 0 Å². The number of rotatable bonds is 4. The van der Waals surface area contributed by atoms with Crippen LogP contribution < -0.4 is 10.6 Å². The Morgan fingerprint density at radius 2 is 2.11 bits per heavy atom. The number of thiophene rings is 1. The number of nitrogens with one attached hydrogen (secondary N) is 2. The summed E-state index contributed by atoms with van der Waals surface area (Å²) in [5.74, 6) is 0.973. The zero-order valence-electron chi connectivity index (χ0n) is 12.0. The Labute approximate surface area is 120 Å². The lowest BCUT2D eigenvalue weighted by Gasteiger charge is -2.24. The van der Waals surface area contributed by atoms with Crippen LogP contribution in [0.3, 0.4) is 0 Å². The van der Waals surface area contributed by atoms with E-state index in [0.29, 0.717) is 6.04 Å². The molecular weight excluding hydrogens is 254 g/mol. The van der Waals surface area contributed by atoms with Crippen LogP contribution in [0.5, 0.6) is 0 Å². The predicted molar refractivity (Wildman–Crippen MR) is 83.9 cm³/mol. The zero-order valence-corrected chi connectivity index (χ0v) is 12.9. The molecule has 0 aromatic carbocycles. The lowest BCUT2D eigenvalue weighted by molar-refractivity contribution is 0.410. The van der Waals surface area contributed by atoms with Crippen LogP contribution in [0.4, 0.5) is 0 Å². The summed E-state index contributed by atoms with van der Waals surface area (Å²) in [6, 6.07) is 4.95. The van der Waals surface area contributed by atoms with Gasteiger partial charge in [0.15, 0.2) is 5.96 Å². The lowest BCUT2D eigenvalue weighted by atomic mass is 9.96. The maximum atomic E-state index is 4.70. The topological polar surface area (TPSA) is 36.4 Å². The van der Waals surface area contributed by atoms with Gasteiger partial charge >= 0.3 is 0 Å². The summed E-state index contributed by atoms with van der Waals surface area (Å²) < 4.78 is 0. The van der Waals surface area contributed by atoms with Gasteiger partial charge in [-0.05, 0) is 38.8 Å². The molecule has 19 heavy (non-hydrogen) atoms. The SMILES string of the molecule is CCNC(=NCc1ccc(C)s1)NC1CCCCC1. The fourth-order valence-electron chi connectivity index (χ4n) is 2.49. The minimum absolute atomic E-state index is 0.608. The Kier molecular flexibility index (Phi) is 5.70. The molecule has 0 unspecified atom stereocenters. The Morgan fingerprint density at radius 3 is 2.74 bits per heavy atom. The Hall–Kier alpha value is -1.03. The summed E-state index contributed by atoms with van der Waals surface area (Å²) in [6.07, 6.45) is 6.65. The minimum Gasteiger partial charge on any atom is -0.357 e. The van der Waals surface area contributed by atoms with Gasteiger partial charge in [0.05, 0.1) is 6.54 Å². The molecular formula is C15H25N3S. The van der Waals surface area contributed by atoms with Crippen LogP contribution in [0.1, 0.15) is 48.8 Å². The summed E-state index contributed by atoms with van der Waals surface area (Å²) in [6.45, 7) is 5.96. The maximum absolute atomic E-state index is 4.70. The fourth-order valence-corrected chi connectivity index (χ4v) is 3.30. The normalized spacial score (nSPS) is 17.5. The molecule has 2 N–H and O–H groups in total.